The highest BCUT2D eigenvalue weighted by molar-refractivity contribution is 5.58. The van der Waals surface area contributed by atoms with Crippen molar-refractivity contribution in [1.82, 2.24) is 0 Å². The molecular formula is C11H18O. The molecule has 0 aromatic carbocycles. The quantitative estimate of drug-likeness (QED) is 0.455. The minimum atomic E-state index is 0.140. The monoisotopic (exact) mass is 166 g/mol. The van der Waals surface area contributed by atoms with Crippen LogP contribution in [0.15, 0.2) is 11.6 Å². The largest absolute Gasteiger partial charge is 0.303 e. The number of carbonyl (C=O) groups excluding carboxylic acids is 1. The highest BCUT2D eigenvalue weighted by atomic mass is 16.1. The van der Waals surface area contributed by atoms with Crippen LogP contribution in [0.1, 0.15) is 40.0 Å². The molecule has 1 aliphatic rings. The molecule has 1 atom stereocenters. The molecule has 0 aliphatic heterocycles. The molecule has 1 rings (SSSR count). The normalized spacial score (nSPS) is 24.4. The first kappa shape index (κ1) is 9.50. The standard InChI is InChI=1S/C11H18O/c1-9(8-12)10-4-6-11(2,3)7-5-10/h4,8-9H,5-7H2,1-3H3. The molecule has 12 heavy (non-hydrogen) atoms. The number of hydrogen-bond donors (Lipinski definition) is 0. The van der Waals surface area contributed by atoms with Crippen molar-refractivity contribution < 1.29 is 4.79 Å². The van der Waals surface area contributed by atoms with Gasteiger partial charge in [0, 0.05) is 5.92 Å². The first-order valence-electron chi connectivity index (χ1n) is 4.69. The van der Waals surface area contributed by atoms with Gasteiger partial charge in [0.1, 0.15) is 6.29 Å². The van der Waals surface area contributed by atoms with E-state index in [1.165, 1.54) is 12.0 Å². The maximum Gasteiger partial charge on any atom is 0.126 e. The molecule has 1 unspecified atom stereocenters. The SMILES string of the molecule is CC(C=O)C1=CCC(C)(C)CC1. The van der Waals surface area contributed by atoms with Gasteiger partial charge in [-0.15, -0.1) is 0 Å². The molecule has 0 saturated heterocycles. The molecule has 0 aromatic heterocycles. The molecule has 0 aromatic rings. The topological polar surface area (TPSA) is 17.1 Å². The van der Waals surface area contributed by atoms with Crippen molar-refractivity contribution in [2.24, 2.45) is 11.3 Å². The third kappa shape index (κ3) is 2.20. The van der Waals surface area contributed by atoms with Crippen LogP contribution in [0.5, 0.6) is 0 Å². The van der Waals surface area contributed by atoms with Crippen LogP contribution in [-0.2, 0) is 4.79 Å². The van der Waals surface area contributed by atoms with Gasteiger partial charge in [0.2, 0.25) is 0 Å². The van der Waals surface area contributed by atoms with Crippen molar-refractivity contribution in [3.63, 3.8) is 0 Å². The molecular weight excluding hydrogens is 148 g/mol. The summed E-state index contributed by atoms with van der Waals surface area (Å²) in [5.41, 5.74) is 1.79. The van der Waals surface area contributed by atoms with Crippen LogP contribution in [0.25, 0.3) is 0 Å². The van der Waals surface area contributed by atoms with Gasteiger partial charge in [-0.25, -0.2) is 0 Å². The molecule has 0 radical (unpaired) electrons. The Bertz CT molecular complexity index is 201. The predicted octanol–water partition coefficient (Wildman–Crippen LogP) is 2.96. The Morgan fingerprint density at radius 3 is 2.67 bits per heavy atom. The highest BCUT2D eigenvalue weighted by Crippen LogP contribution is 2.35. The Balaban J connectivity index is 2.61. The second-order valence-corrected chi connectivity index (χ2v) is 4.57. The number of aldehydes is 1. The van der Waals surface area contributed by atoms with Gasteiger partial charge in [0.25, 0.3) is 0 Å². The van der Waals surface area contributed by atoms with Gasteiger partial charge in [-0.3, -0.25) is 0 Å². The van der Waals surface area contributed by atoms with Gasteiger partial charge in [-0.2, -0.15) is 0 Å². The summed E-state index contributed by atoms with van der Waals surface area (Å²) in [7, 11) is 0. The van der Waals surface area contributed by atoms with Crippen molar-refractivity contribution >= 4 is 6.29 Å². The minimum absolute atomic E-state index is 0.140. The first-order valence-corrected chi connectivity index (χ1v) is 4.69. The number of carbonyl (C=O) groups is 1. The van der Waals surface area contributed by atoms with Gasteiger partial charge in [0.15, 0.2) is 0 Å². The first-order chi connectivity index (χ1) is 5.55. The fraction of sp³-hybridized carbons (Fsp3) is 0.727. The molecule has 0 spiro atoms. The van der Waals surface area contributed by atoms with E-state index in [2.05, 4.69) is 19.9 Å². The lowest BCUT2D eigenvalue weighted by molar-refractivity contribution is -0.109. The second-order valence-electron chi connectivity index (χ2n) is 4.57. The van der Waals surface area contributed by atoms with E-state index in [1.54, 1.807) is 0 Å². The predicted molar refractivity (Wildman–Crippen MR) is 50.9 cm³/mol. The summed E-state index contributed by atoms with van der Waals surface area (Å²) in [6.45, 7) is 6.55. The maximum atomic E-state index is 10.5. The van der Waals surface area contributed by atoms with Gasteiger partial charge >= 0.3 is 0 Å². The van der Waals surface area contributed by atoms with Gasteiger partial charge < -0.3 is 4.79 Å². The third-order valence-corrected chi connectivity index (χ3v) is 2.80. The summed E-state index contributed by atoms with van der Waals surface area (Å²) >= 11 is 0. The van der Waals surface area contributed by atoms with Gasteiger partial charge in [-0.1, -0.05) is 32.4 Å². The molecule has 68 valence electrons. The average molecular weight is 166 g/mol. The van der Waals surface area contributed by atoms with Crippen molar-refractivity contribution in [2.75, 3.05) is 0 Å². The Labute approximate surface area is 74.9 Å². The van der Waals surface area contributed by atoms with Crippen LogP contribution < -0.4 is 0 Å². The molecule has 1 nitrogen and oxygen atoms in total. The van der Waals surface area contributed by atoms with E-state index in [4.69, 9.17) is 0 Å². The molecule has 0 fully saturated rings. The van der Waals surface area contributed by atoms with Crippen molar-refractivity contribution in [1.29, 1.82) is 0 Å². The Hall–Kier alpha value is -0.590. The Morgan fingerprint density at radius 2 is 2.25 bits per heavy atom. The molecule has 0 heterocycles. The van der Waals surface area contributed by atoms with E-state index in [1.807, 2.05) is 6.92 Å². The summed E-state index contributed by atoms with van der Waals surface area (Å²) in [6, 6.07) is 0. The van der Waals surface area contributed by atoms with E-state index < -0.39 is 0 Å². The average Bonchev–Trinajstić information content (AvgIpc) is 2.03. The smallest absolute Gasteiger partial charge is 0.126 e. The molecule has 0 saturated carbocycles. The fourth-order valence-electron chi connectivity index (χ4n) is 1.60. The molecule has 0 amide bonds. The van der Waals surface area contributed by atoms with Crippen LogP contribution in [0.4, 0.5) is 0 Å². The third-order valence-electron chi connectivity index (χ3n) is 2.80. The van der Waals surface area contributed by atoms with E-state index >= 15 is 0 Å². The zero-order valence-corrected chi connectivity index (χ0v) is 8.26. The summed E-state index contributed by atoms with van der Waals surface area (Å²) < 4.78 is 0. The fourth-order valence-corrected chi connectivity index (χ4v) is 1.60. The lowest BCUT2D eigenvalue weighted by atomic mass is 9.76. The van der Waals surface area contributed by atoms with Crippen LogP contribution in [-0.4, -0.2) is 6.29 Å². The van der Waals surface area contributed by atoms with Crippen molar-refractivity contribution in [3.05, 3.63) is 11.6 Å². The van der Waals surface area contributed by atoms with Crippen LogP contribution in [0.2, 0.25) is 0 Å². The van der Waals surface area contributed by atoms with Crippen LogP contribution >= 0.6 is 0 Å². The van der Waals surface area contributed by atoms with Gasteiger partial charge in [-0.05, 0) is 24.7 Å². The lowest BCUT2D eigenvalue weighted by Gasteiger charge is -2.29. The van der Waals surface area contributed by atoms with E-state index in [0.29, 0.717) is 5.41 Å². The van der Waals surface area contributed by atoms with Crippen LogP contribution in [0.3, 0.4) is 0 Å². The van der Waals surface area contributed by atoms with Crippen molar-refractivity contribution in [2.45, 2.75) is 40.0 Å². The van der Waals surface area contributed by atoms with E-state index in [0.717, 1.165) is 19.1 Å². The van der Waals surface area contributed by atoms with Crippen LogP contribution in [0, 0.1) is 11.3 Å². The second kappa shape index (κ2) is 3.42. The van der Waals surface area contributed by atoms with Gasteiger partial charge in [0.05, 0.1) is 0 Å². The maximum absolute atomic E-state index is 10.5. The summed E-state index contributed by atoms with van der Waals surface area (Å²) in [4.78, 5) is 10.5. The number of hydrogen-bond acceptors (Lipinski definition) is 1. The lowest BCUT2D eigenvalue weighted by Crippen LogP contribution is -2.17. The molecule has 0 bridgehead atoms. The number of rotatable bonds is 2. The zero-order valence-electron chi connectivity index (χ0n) is 8.26. The Kier molecular flexibility index (Phi) is 2.71. The zero-order chi connectivity index (χ0) is 9.19. The summed E-state index contributed by atoms with van der Waals surface area (Å²) in [5.74, 6) is 0.140. The number of allylic oxidation sites excluding steroid dienone is 2. The summed E-state index contributed by atoms with van der Waals surface area (Å²) in [5, 5.41) is 0. The minimum Gasteiger partial charge on any atom is -0.303 e. The Morgan fingerprint density at radius 1 is 1.58 bits per heavy atom. The summed E-state index contributed by atoms with van der Waals surface area (Å²) in [6.07, 6.45) is 6.75. The molecule has 1 heteroatoms. The highest BCUT2D eigenvalue weighted by Gasteiger charge is 2.22. The molecule has 0 N–H and O–H groups in total. The van der Waals surface area contributed by atoms with E-state index in [-0.39, 0.29) is 5.92 Å². The van der Waals surface area contributed by atoms with Crippen molar-refractivity contribution in [3.8, 4) is 0 Å². The van der Waals surface area contributed by atoms with E-state index in [9.17, 15) is 4.79 Å². The molecule has 1 aliphatic carbocycles.